The van der Waals surface area contributed by atoms with E-state index in [1.807, 2.05) is 0 Å². The molecule has 19 heavy (non-hydrogen) atoms. The highest BCUT2D eigenvalue weighted by Gasteiger charge is 2.40. The third-order valence-corrected chi connectivity index (χ3v) is 4.92. The van der Waals surface area contributed by atoms with Crippen LogP contribution >= 0.6 is 0 Å². The Balaban J connectivity index is 1.74. The molecular weight excluding hydrogens is 240 g/mol. The van der Waals surface area contributed by atoms with Crippen molar-refractivity contribution in [1.82, 2.24) is 15.0 Å². The SMILES string of the molecule is CC(C)[C@@H](N)c1nc(C2CC3CCC(C2)N3C)no1. The standard InChI is InChI=1S/C14H24N4O/c1-8(2)12(15)14-16-13(17-19-14)9-6-10-4-5-11(7-9)18(10)3/h8-12H,4-7,15H2,1-3H3/t9?,10?,11?,12-/m1/s1. The molecule has 2 fully saturated rings. The number of aromatic nitrogens is 2. The molecule has 2 bridgehead atoms. The van der Waals surface area contributed by atoms with E-state index in [1.165, 1.54) is 12.8 Å². The number of nitrogens with two attached hydrogens (primary N) is 1. The van der Waals surface area contributed by atoms with E-state index in [1.54, 1.807) is 0 Å². The van der Waals surface area contributed by atoms with Gasteiger partial charge in [-0.3, -0.25) is 0 Å². The maximum atomic E-state index is 6.07. The van der Waals surface area contributed by atoms with Crippen LogP contribution in [0.5, 0.6) is 0 Å². The summed E-state index contributed by atoms with van der Waals surface area (Å²) < 4.78 is 5.36. The second-order valence-electron chi connectivity index (χ2n) is 6.48. The molecule has 106 valence electrons. The van der Waals surface area contributed by atoms with Gasteiger partial charge in [-0.1, -0.05) is 19.0 Å². The smallest absolute Gasteiger partial charge is 0.243 e. The molecular formula is C14H24N4O. The maximum absolute atomic E-state index is 6.07. The van der Waals surface area contributed by atoms with Crippen molar-refractivity contribution in [3.05, 3.63) is 11.7 Å². The summed E-state index contributed by atoms with van der Waals surface area (Å²) in [6.45, 7) is 4.15. The Morgan fingerprint density at radius 2 is 1.89 bits per heavy atom. The lowest BCUT2D eigenvalue weighted by Gasteiger charge is -2.34. The number of fused-ring (bicyclic) bond motifs is 2. The Bertz CT molecular complexity index is 430. The number of nitrogens with zero attached hydrogens (tertiary/aromatic N) is 3. The Hall–Kier alpha value is -0.940. The molecule has 0 amide bonds. The summed E-state index contributed by atoms with van der Waals surface area (Å²) in [6.07, 6.45) is 4.94. The minimum atomic E-state index is -0.149. The number of rotatable bonds is 3. The fraction of sp³-hybridized carbons (Fsp3) is 0.857. The lowest BCUT2D eigenvalue weighted by atomic mass is 9.90. The molecule has 2 unspecified atom stereocenters. The molecule has 2 aliphatic rings. The topological polar surface area (TPSA) is 68.2 Å². The summed E-state index contributed by atoms with van der Waals surface area (Å²) >= 11 is 0. The summed E-state index contributed by atoms with van der Waals surface area (Å²) in [6, 6.07) is 1.25. The zero-order valence-electron chi connectivity index (χ0n) is 12.0. The van der Waals surface area contributed by atoms with Crippen molar-refractivity contribution >= 4 is 0 Å². The number of hydrogen-bond donors (Lipinski definition) is 1. The monoisotopic (exact) mass is 264 g/mol. The lowest BCUT2D eigenvalue weighted by molar-refractivity contribution is 0.157. The molecule has 3 rings (SSSR count). The van der Waals surface area contributed by atoms with Crippen LogP contribution in [0.25, 0.3) is 0 Å². The van der Waals surface area contributed by atoms with E-state index >= 15 is 0 Å². The first-order valence-corrected chi connectivity index (χ1v) is 7.37. The highest BCUT2D eigenvalue weighted by Crippen LogP contribution is 2.41. The number of piperidine rings is 1. The molecule has 1 aromatic heterocycles. The Morgan fingerprint density at radius 3 is 2.47 bits per heavy atom. The Labute approximate surface area is 114 Å². The summed E-state index contributed by atoms with van der Waals surface area (Å²) in [5.74, 6) is 2.24. The first-order chi connectivity index (χ1) is 9.06. The van der Waals surface area contributed by atoms with Crippen molar-refractivity contribution in [2.75, 3.05) is 7.05 Å². The molecule has 3 heterocycles. The molecule has 2 saturated heterocycles. The van der Waals surface area contributed by atoms with Crippen LogP contribution in [0.3, 0.4) is 0 Å². The van der Waals surface area contributed by atoms with Crippen molar-refractivity contribution in [2.24, 2.45) is 11.7 Å². The van der Waals surface area contributed by atoms with Gasteiger partial charge in [0.05, 0.1) is 6.04 Å². The van der Waals surface area contributed by atoms with E-state index in [0.29, 0.717) is 29.8 Å². The van der Waals surface area contributed by atoms with Crippen LogP contribution < -0.4 is 5.73 Å². The third kappa shape index (κ3) is 2.30. The van der Waals surface area contributed by atoms with E-state index in [2.05, 4.69) is 35.9 Å². The second-order valence-corrected chi connectivity index (χ2v) is 6.48. The van der Waals surface area contributed by atoms with Gasteiger partial charge in [0.25, 0.3) is 0 Å². The van der Waals surface area contributed by atoms with Crippen molar-refractivity contribution in [3.63, 3.8) is 0 Å². The largest absolute Gasteiger partial charge is 0.338 e. The normalized spacial score (nSPS) is 33.0. The van der Waals surface area contributed by atoms with E-state index in [9.17, 15) is 0 Å². The Kier molecular flexibility index (Phi) is 3.35. The van der Waals surface area contributed by atoms with Gasteiger partial charge < -0.3 is 15.2 Å². The third-order valence-electron chi connectivity index (χ3n) is 4.92. The van der Waals surface area contributed by atoms with Gasteiger partial charge in [-0.05, 0) is 38.6 Å². The molecule has 2 N–H and O–H groups in total. The summed E-state index contributed by atoms with van der Waals surface area (Å²) in [7, 11) is 2.24. The zero-order valence-corrected chi connectivity index (χ0v) is 12.0. The average Bonchev–Trinajstić information content (AvgIpc) is 2.92. The van der Waals surface area contributed by atoms with Crippen LogP contribution in [-0.2, 0) is 0 Å². The van der Waals surface area contributed by atoms with Crippen LogP contribution in [0.4, 0.5) is 0 Å². The van der Waals surface area contributed by atoms with E-state index in [4.69, 9.17) is 10.3 Å². The predicted octanol–water partition coefficient (Wildman–Crippen LogP) is 2.07. The van der Waals surface area contributed by atoms with Crippen LogP contribution in [0.2, 0.25) is 0 Å². The fourth-order valence-corrected chi connectivity index (χ4v) is 3.46. The highest BCUT2D eigenvalue weighted by molar-refractivity contribution is 5.06. The predicted molar refractivity (Wildman–Crippen MR) is 72.6 cm³/mol. The van der Waals surface area contributed by atoms with Crippen molar-refractivity contribution in [3.8, 4) is 0 Å². The zero-order chi connectivity index (χ0) is 13.6. The van der Waals surface area contributed by atoms with Gasteiger partial charge in [-0.15, -0.1) is 0 Å². The van der Waals surface area contributed by atoms with Gasteiger partial charge in [-0.2, -0.15) is 4.98 Å². The van der Waals surface area contributed by atoms with E-state index in [0.717, 1.165) is 18.7 Å². The molecule has 0 spiro atoms. The molecule has 0 saturated carbocycles. The van der Waals surface area contributed by atoms with E-state index < -0.39 is 0 Å². The average molecular weight is 264 g/mol. The lowest BCUT2D eigenvalue weighted by Crippen LogP contribution is -2.39. The first-order valence-electron chi connectivity index (χ1n) is 7.37. The van der Waals surface area contributed by atoms with Gasteiger partial charge >= 0.3 is 0 Å². The molecule has 1 aromatic rings. The van der Waals surface area contributed by atoms with Crippen molar-refractivity contribution in [2.45, 2.75) is 63.6 Å². The van der Waals surface area contributed by atoms with Crippen molar-refractivity contribution < 1.29 is 4.52 Å². The summed E-state index contributed by atoms with van der Waals surface area (Å²) in [4.78, 5) is 7.08. The molecule has 5 nitrogen and oxygen atoms in total. The quantitative estimate of drug-likeness (QED) is 0.905. The van der Waals surface area contributed by atoms with Gasteiger partial charge in [0.15, 0.2) is 5.82 Å². The van der Waals surface area contributed by atoms with Crippen LogP contribution in [0.1, 0.15) is 63.2 Å². The highest BCUT2D eigenvalue weighted by atomic mass is 16.5. The second kappa shape index (κ2) is 4.87. The van der Waals surface area contributed by atoms with Crippen LogP contribution in [0.15, 0.2) is 4.52 Å². The summed E-state index contributed by atoms with van der Waals surface area (Å²) in [5, 5.41) is 4.18. The van der Waals surface area contributed by atoms with Crippen molar-refractivity contribution in [1.29, 1.82) is 0 Å². The minimum Gasteiger partial charge on any atom is -0.338 e. The number of hydrogen-bond acceptors (Lipinski definition) is 5. The van der Waals surface area contributed by atoms with Gasteiger partial charge in [0.1, 0.15) is 0 Å². The van der Waals surface area contributed by atoms with Crippen LogP contribution in [-0.4, -0.2) is 34.2 Å². The summed E-state index contributed by atoms with van der Waals surface area (Å²) in [5.41, 5.74) is 6.07. The van der Waals surface area contributed by atoms with Gasteiger partial charge in [0, 0.05) is 18.0 Å². The molecule has 0 radical (unpaired) electrons. The molecule has 0 aliphatic carbocycles. The maximum Gasteiger partial charge on any atom is 0.243 e. The van der Waals surface area contributed by atoms with Gasteiger partial charge in [0.2, 0.25) is 5.89 Å². The molecule has 3 atom stereocenters. The van der Waals surface area contributed by atoms with Crippen LogP contribution in [0, 0.1) is 5.92 Å². The fourth-order valence-electron chi connectivity index (χ4n) is 3.46. The molecule has 2 aliphatic heterocycles. The first kappa shape index (κ1) is 13.1. The minimum absolute atomic E-state index is 0.149. The molecule has 5 heteroatoms. The Morgan fingerprint density at radius 1 is 1.26 bits per heavy atom. The van der Waals surface area contributed by atoms with Gasteiger partial charge in [-0.25, -0.2) is 0 Å². The molecule has 0 aromatic carbocycles. The van der Waals surface area contributed by atoms with E-state index in [-0.39, 0.29) is 6.04 Å².